The van der Waals surface area contributed by atoms with Crippen LogP contribution in [-0.2, 0) is 0 Å². The van der Waals surface area contributed by atoms with E-state index < -0.39 is 15.9 Å². The standard InChI is InChI=1S/C15H12Cl4N4OS/c16-10-6-2-1-5-9(10)12(24)22-13(15(17,18)19)23-14(25)21-11-7-3-4-8-20-11/h1-8,13H,(H,22,24)(H2,20,21,23,25)/t13-/m0/s1. The highest BCUT2D eigenvalue weighted by Gasteiger charge is 2.35. The molecule has 0 saturated heterocycles. The summed E-state index contributed by atoms with van der Waals surface area (Å²) in [6.07, 6.45) is 0.487. The zero-order chi connectivity index (χ0) is 18.4. The Morgan fingerprint density at radius 2 is 1.76 bits per heavy atom. The number of hydrogen-bond donors (Lipinski definition) is 3. The third-order valence-electron chi connectivity index (χ3n) is 2.90. The molecule has 0 aliphatic rings. The maximum Gasteiger partial charge on any atom is 0.254 e. The van der Waals surface area contributed by atoms with Gasteiger partial charge in [-0.3, -0.25) is 4.79 Å². The van der Waals surface area contributed by atoms with Crippen molar-refractivity contribution in [3.8, 4) is 0 Å². The van der Waals surface area contributed by atoms with E-state index in [-0.39, 0.29) is 15.7 Å². The van der Waals surface area contributed by atoms with Crippen LogP contribution in [0.1, 0.15) is 10.4 Å². The topological polar surface area (TPSA) is 66.1 Å². The lowest BCUT2D eigenvalue weighted by molar-refractivity contribution is 0.0934. The highest BCUT2D eigenvalue weighted by molar-refractivity contribution is 7.80. The number of carbonyl (C=O) groups excluding carboxylic acids is 1. The molecular weight excluding hydrogens is 426 g/mol. The zero-order valence-corrected chi connectivity index (χ0v) is 16.3. The van der Waals surface area contributed by atoms with Gasteiger partial charge < -0.3 is 16.0 Å². The first kappa shape index (κ1) is 20.0. The fraction of sp³-hybridized carbons (Fsp3) is 0.133. The van der Waals surface area contributed by atoms with Crippen LogP contribution >= 0.6 is 58.6 Å². The number of halogens is 4. The Hall–Kier alpha value is -1.31. The molecule has 3 N–H and O–H groups in total. The van der Waals surface area contributed by atoms with Gasteiger partial charge in [-0.15, -0.1) is 0 Å². The van der Waals surface area contributed by atoms with Crippen LogP contribution < -0.4 is 16.0 Å². The molecule has 1 aromatic heterocycles. The molecule has 5 nitrogen and oxygen atoms in total. The van der Waals surface area contributed by atoms with Crippen molar-refractivity contribution in [1.82, 2.24) is 15.6 Å². The lowest BCUT2D eigenvalue weighted by Gasteiger charge is -2.27. The monoisotopic (exact) mass is 436 g/mol. The Morgan fingerprint density at radius 3 is 2.36 bits per heavy atom. The van der Waals surface area contributed by atoms with Gasteiger partial charge in [0.2, 0.25) is 3.79 Å². The Bertz CT molecular complexity index is 755. The number of thiocarbonyl (C=S) groups is 1. The molecule has 1 amide bonds. The maximum absolute atomic E-state index is 12.4. The third kappa shape index (κ3) is 6.17. The normalized spacial score (nSPS) is 12.2. The fourth-order valence-corrected chi connectivity index (χ4v) is 2.55. The number of alkyl halides is 3. The number of carbonyl (C=O) groups is 1. The van der Waals surface area contributed by atoms with Crippen LogP contribution in [0.15, 0.2) is 48.7 Å². The number of amides is 1. The van der Waals surface area contributed by atoms with Gasteiger partial charge in [-0.2, -0.15) is 0 Å². The smallest absolute Gasteiger partial charge is 0.254 e. The molecular formula is C15H12Cl4N4OS. The van der Waals surface area contributed by atoms with E-state index in [4.69, 9.17) is 58.6 Å². The van der Waals surface area contributed by atoms with Crippen LogP contribution in [0.3, 0.4) is 0 Å². The van der Waals surface area contributed by atoms with Gasteiger partial charge in [-0.1, -0.05) is 64.6 Å². The summed E-state index contributed by atoms with van der Waals surface area (Å²) >= 11 is 29.0. The Balaban J connectivity index is 2.08. The Kier molecular flexibility index (Phi) is 7.10. The lowest BCUT2D eigenvalue weighted by Crippen LogP contribution is -2.56. The average Bonchev–Trinajstić information content (AvgIpc) is 2.54. The molecule has 0 bridgehead atoms. The second kappa shape index (κ2) is 8.87. The minimum atomic E-state index is -1.87. The highest BCUT2D eigenvalue weighted by Crippen LogP contribution is 2.29. The molecule has 10 heteroatoms. The molecule has 2 rings (SSSR count). The summed E-state index contributed by atoms with van der Waals surface area (Å²) < 4.78 is -1.87. The summed E-state index contributed by atoms with van der Waals surface area (Å²) in [6.45, 7) is 0. The molecule has 1 atom stereocenters. The minimum absolute atomic E-state index is 0.120. The van der Waals surface area contributed by atoms with E-state index in [1.165, 1.54) is 0 Å². The summed E-state index contributed by atoms with van der Waals surface area (Å²) in [5.41, 5.74) is 0.244. The molecule has 1 heterocycles. The molecule has 0 radical (unpaired) electrons. The van der Waals surface area contributed by atoms with Crippen LogP contribution in [0.4, 0.5) is 5.82 Å². The van der Waals surface area contributed by atoms with Crippen LogP contribution in [0.5, 0.6) is 0 Å². The largest absolute Gasteiger partial charge is 0.339 e. The van der Waals surface area contributed by atoms with Crippen molar-refractivity contribution in [1.29, 1.82) is 0 Å². The predicted molar refractivity (Wildman–Crippen MR) is 107 cm³/mol. The summed E-state index contributed by atoms with van der Waals surface area (Å²) in [5.74, 6) is -0.0180. The van der Waals surface area contributed by atoms with Crippen LogP contribution in [0.2, 0.25) is 5.02 Å². The van der Waals surface area contributed by atoms with Crippen molar-refractivity contribution in [3.63, 3.8) is 0 Å². The van der Waals surface area contributed by atoms with Gasteiger partial charge in [0.25, 0.3) is 5.91 Å². The molecule has 2 aromatic rings. The summed E-state index contributed by atoms with van der Waals surface area (Å²) in [4.78, 5) is 16.4. The fourth-order valence-electron chi connectivity index (χ4n) is 1.77. The number of aromatic nitrogens is 1. The van der Waals surface area contributed by atoms with E-state index in [1.807, 2.05) is 0 Å². The SMILES string of the molecule is O=C(N[C@@H](NC(=S)Nc1ccccn1)C(Cl)(Cl)Cl)c1ccccc1Cl. The maximum atomic E-state index is 12.4. The second-order valence-electron chi connectivity index (χ2n) is 4.74. The first-order chi connectivity index (χ1) is 11.8. The first-order valence-electron chi connectivity index (χ1n) is 6.88. The van der Waals surface area contributed by atoms with Crippen molar-refractivity contribution in [2.45, 2.75) is 9.96 Å². The zero-order valence-electron chi connectivity index (χ0n) is 12.5. The van der Waals surface area contributed by atoms with Crippen LogP contribution in [0, 0.1) is 0 Å². The molecule has 0 saturated carbocycles. The summed E-state index contributed by atoms with van der Waals surface area (Å²) in [7, 11) is 0. The number of rotatable bonds is 4. The van der Waals surface area contributed by atoms with Gasteiger partial charge in [0.15, 0.2) is 5.11 Å². The minimum Gasteiger partial charge on any atom is -0.339 e. The van der Waals surface area contributed by atoms with Crippen LogP contribution in [-0.4, -0.2) is 26.0 Å². The quantitative estimate of drug-likeness (QED) is 0.381. The van der Waals surface area contributed by atoms with E-state index in [9.17, 15) is 4.79 Å². The van der Waals surface area contributed by atoms with Crippen LogP contribution in [0.25, 0.3) is 0 Å². The molecule has 1 aromatic carbocycles. The molecule has 0 spiro atoms. The number of nitrogens with zero attached hydrogens (tertiary/aromatic N) is 1. The number of nitrogens with one attached hydrogen (secondary N) is 3. The molecule has 132 valence electrons. The predicted octanol–water partition coefficient (Wildman–Crippen LogP) is 4.15. The third-order valence-corrected chi connectivity index (χ3v) is 4.11. The summed E-state index contributed by atoms with van der Waals surface area (Å²) in [5, 5.41) is 8.51. The van der Waals surface area contributed by atoms with E-state index in [0.717, 1.165) is 0 Å². The van der Waals surface area contributed by atoms with Crippen molar-refractivity contribution in [2.24, 2.45) is 0 Å². The van der Waals surface area contributed by atoms with E-state index in [0.29, 0.717) is 5.82 Å². The second-order valence-corrected chi connectivity index (χ2v) is 7.93. The van der Waals surface area contributed by atoms with Gasteiger partial charge in [0.1, 0.15) is 12.0 Å². The van der Waals surface area contributed by atoms with E-state index in [2.05, 4.69) is 20.9 Å². The molecule has 0 aliphatic carbocycles. The number of anilines is 1. The molecule has 0 unspecified atom stereocenters. The Labute approximate surface area is 170 Å². The lowest BCUT2D eigenvalue weighted by atomic mass is 10.2. The van der Waals surface area contributed by atoms with E-state index >= 15 is 0 Å². The number of hydrogen-bond acceptors (Lipinski definition) is 3. The number of pyridine rings is 1. The summed E-state index contributed by atoms with van der Waals surface area (Å²) in [6, 6.07) is 11.8. The number of benzene rings is 1. The average molecular weight is 438 g/mol. The van der Waals surface area contributed by atoms with Crippen molar-refractivity contribution >= 4 is 75.5 Å². The van der Waals surface area contributed by atoms with Gasteiger partial charge >= 0.3 is 0 Å². The first-order valence-corrected chi connectivity index (χ1v) is 8.80. The molecule has 0 fully saturated rings. The molecule has 0 aliphatic heterocycles. The highest BCUT2D eigenvalue weighted by atomic mass is 35.6. The Morgan fingerprint density at radius 1 is 1.08 bits per heavy atom. The van der Waals surface area contributed by atoms with Crippen molar-refractivity contribution < 1.29 is 4.79 Å². The van der Waals surface area contributed by atoms with Gasteiger partial charge in [-0.25, -0.2) is 4.98 Å². The van der Waals surface area contributed by atoms with Crippen molar-refractivity contribution in [2.75, 3.05) is 5.32 Å². The molecule has 25 heavy (non-hydrogen) atoms. The van der Waals surface area contributed by atoms with E-state index in [1.54, 1.807) is 48.7 Å². The van der Waals surface area contributed by atoms with Gasteiger partial charge in [0.05, 0.1) is 10.6 Å². The van der Waals surface area contributed by atoms with Crippen molar-refractivity contribution in [3.05, 3.63) is 59.2 Å². The van der Waals surface area contributed by atoms with Gasteiger partial charge in [-0.05, 0) is 36.5 Å². The van der Waals surface area contributed by atoms with Gasteiger partial charge in [0, 0.05) is 6.20 Å².